The van der Waals surface area contributed by atoms with Crippen LogP contribution in [0, 0.1) is 0 Å². The van der Waals surface area contributed by atoms with Crippen molar-refractivity contribution in [1.29, 1.82) is 0 Å². The Morgan fingerprint density at radius 1 is 1.08 bits per heavy atom. The van der Waals surface area contributed by atoms with Crippen LogP contribution in [0.15, 0.2) is 65.4 Å². The van der Waals surface area contributed by atoms with Crippen molar-refractivity contribution in [2.75, 3.05) is 20.2 Å². The van der Waals surface area contributed by atoms with Crippen molar-refractivity contribution in [3.8, 4) is 22.8 Å². The second kappa shape index (κ2) is 6.92. The fourth-order valence-corrected chi connectivity index (χ4v) is 2.87. The minimum absolute atomic E-state index is 0.00214. The van der Waals surface area contributed by atoms with E-state index in [2.05, 4.69) is 4.98 Å². The van der Waals surface area contributed by atoms with Crippen molar-refractivity contribution in [2.45, 2.75) is 6.10 Å². The molecule has 0 bridgehead atoms. The first-order valence-corrected chi connectivity index (χ1v) is 8.33. The van der Waals surface area contributed by atoms with Crippen LogP contribution < -0.4 is 9.47 Å². The van der Waals surface area contributed by atoms with Gasteiger partial charge >= 0.3 is 0 Å². The predicted octanol–water partition coefficient (Wildman–Crippen LogP) is 3.25. The van der Waals surface area contributed by atoms with Crippen LogP contribution in [0.2, 0.25) is 0 Å². The number of oxazole rings is 1. The van der Waals surface area contributed by atoms with E-state index in [4.69, 9.17) is 13.9 Å². The average molecular weight is 350 g/mol. The van der Waals surface area contributed by atoms with Gasteiger partial charge in [-0.15, -0.1) is 0 Å². The summed E-state index contributed by atoms with van der Waals surface area (Å²) in [5.74, 6) is 1.86. The molecule has 1 aliphatic heterocycles. The Hall–Kier alpha value is -3.28. The van der Waals surface area contributed by atoms with Gasteiger partial charge in [0.05, 0.1) is 20.2 Å². The number of carbonyl (C=O) groups is 1. The summed E-state index contributed by atoms with van der Waals surface area (Å²) < 4.78 is 16.4. The van der Waals surface area contributed by atoms with Crippen LogP contribution in [0.5, 0.6) is 11.5 Å². The number of aromatic nitrogens is 1. The number of para-hydroxylation sites is 1. The Morgan fingerprint density at radius 2 is 1.81 bits per heavy atom. The Kier molecular flexibility index (Phi) is 4.31. The van der Waals surface area contributed by atoms with Gasteiger partial charge in [-0.3, -0.25) is 4.79 Å². The zero-order valence-corrected chi connectivity index (χ0v) is 14.3. The maximum atomic E-state index is 12.7. The van der Waals surface area contributed by atoms with E-state index in [0.717, 1.165) is 17.1 Å². The molecule has 132 valence electrons. The first kappa shape index (κ1) is 16.2. The van der Waals surface area contributed by atoms with E-state index >= 15 is 0 Å². The first-order chi connectivity index (χ1) is 12.7. The van der Waals surface area contributed by atoms with Crippen LogP contribution in [-0.2, 0) is 0 Å². The van der Waals surface area contributed by atoms with Crippen LogP contribution in [0.3, 0.4) is 0 Å². The van der Waals surface area contributed by atoms with Crippen LogP contribution >= 0.6 is 0 Å². The van der Waals surface area contributed by atoms with Gasteiger partial charge in [0.2, 0.25) is 0 Å². The van der Waals surface area contributed by atoms with Gasteiger partial charge in [-0.25, -0.2) is 4.98 Å². The lowest BCUT2D eigenvalue weighted by atomic mass is 10.1. The third-order valence-corrected chi connectivity index (χ3v) is 4.30. The number of benzene rings is 2. The minimum Gasteiger partial charge on any atom is -0.497 e. The molecule has 3 aromatic rings. The van der Waals surface area contributed by atoms with E-state index in [1.54, 1.807) is 12.0 Å². The van der Waals surface area contributed by atoms with E-state index in [9.17, 15) is 4.79 Å². The van der Waals surface area contributed by atoms with Gasteiger partial charge in [0, 0.05) is 5.56 Å². The number of amides is 1. The monoisotopic (exact) mass is 350 g/mol. The lowest BCUT2D eigenvalue weighted by Crippen LogP contribution is -2.56. The van der Waals surface area contributed by atoms with Crippen LogP contribution in [-0.4, -0.2) is 42.1 Å². The Morgan fingerprint density at radius 3 is 2.50 bits per heavy atom. The number of hydrogen-bond donors (Lipinski definition) is 0. The summed E-state index contributed by atoms with van der Waals surface area (Å²) in [6, 6.07) is 16.9. The summed E-state index contributed by atoms with van der Waals surface area (Å²) in [5.41, 5.74) is 1.09. The predicted molar refractivity (Wildman–Crippen MR) is 95.3 cm³/mol. The normalized spacial score (nSPS) is 14.0. The zero-order valence-electron chi connectivity index (χ0n) is 14.3. The molecule has 2 heterocycles. The van der Waals surface area contributed by atoms with Gasteiger partial charge in [-0.2, -0.15) is 0 Å². The van der Waals surface area contributed by atoms with Crippen molar-refractivity contribution < 1.29 is 18.7 Å². The highest BCUT2D eigenvalue weighted by molar-refractivity contribution is 5.98. The zero-order chi connectivity index (χ0) is 17.9. The highest BCUT2D eigenvalue weighted by Gasteiger charge is 2.35. The van der Waals surface area contributed by atoms with Crippen molar-refractivity contribution in [2.24, 2.45) is 0 Å². The van der Waals surface area contributed by atoms with E-state index in [-0.39, 0.29) is 12.0 Å². The number of nitrogens with zero attached hydrogens (tertiary/aromatic N) is 2. The molecule has 6 heteroatoms. The first-order valence-electron chi connectivity index (χ1n) is 8.33. The van der Waals surface area contributed by atoms with Crippen molar-refractivity contribution in [3.63, 3.8) is 0 Å². The summed E-state index contributed by atoms with van der Waals surface area (Å²) in [6.45, 7) is 1.06. The molecule has 4 rings (SSSR count). The number of hydrogen-bond acceptors (Lipinski definition) is 5. The molecule has 0 saturated carbocycles. The highest BCUT2D eigenvalue weighted by atomic mass is 16.5. The summed E-state index contributed by atoms with van der Waals surface area (Å²) >= 11 is 0. The third kappa shape index (κ3) is 3.13. The second-order valence-corrected chi connectivity index (χ2v) is 6.02. The smallest absolute Gasteiger partial charge is 0.276 e. The highest BCUT2D eigenvalue weighted by Crippen LogP contribution is 2.27. The second-order valence-electron chi connectivity index (χ2n) is 6.02. The van der Waals surface area contributed by atoms with Gasteiger partial charge in [0.25, 0.3) is 5.91 Å². The number of rotatable bonds is 5. The summed E-state index contributed by atoms with van der Waals surface area (Å²) in [5, 5.41) is 0. The quantitative estimate of drug-likeness (QED) is 0.707. The maximum Gasteiger partial charge on any atom is 0.276 e. The lowest BCUT2D eigenvalue weighted by Gasteiger charge is -2.38. The number of ether oxygens (including phenoxy) is 2. The molecule has 0 aliphatic carbocycles. The number of methoxy groups -OCH3 is 1. The molecule has 1 aliphatic rings. The van der Waals surface area contributed by atoms with Gasteiger partial charge < -0.3 is 18.8 Å². The summed E-state index contributed by atoms with van der Waals surface area (Å²) in [6.07, 6.45) is 1.29. The molecule has 1 fully saturated rings. The molecule has 0 radical (unpaired) electrons. The largest absolute Gasteiger partial charge is 0.497 e. The van der Waals surface area contributed by atoms with Crippen LogP contribution in [0.1, 0.15) is 10.5 Å². The van der Waals surface area contributed by atoms with Crippen molar-refractivity contribution in [3.05, 3.63) is 66.7 Å². The Bertz CT molecular complexity index is 884. The van der Waals surface area contributed by atoms with E-state index in [1.807, 2.05) is 54.6 Å². The summed E-state index contributed by atoms with van der Waals surface area (Å²) in [4.78, 5) is 18.6. The molecular weight excluding hydrogens is 332 g/mol. The number of carbonyl (C=O) groups excluding carboxylic acids is 1. The van der Waals surface area contributed by atoms with Gasteiger partial charge in [-0.1, -0.05) is 18.2 Å². The molecule has 1 aromatic heterocycles. The standard InChI is InChI=1S/C20H18N2O4/c1-24-15-9-7-14(8-10-15)19-18(21-13-25-19)20(23)22-11-17(12-22)26-16-5-3-2-4-6-16/h2-10,13,17H,11-12H2,1H3. The minimum atomic E-state index is -0.155. The Balaban J connectivity index is 1.43. The molecular formula is C20H18N2O4. The van der Waals surface area contributed by atoms with E-state index in [0.29, 0.717) is 24.5 Å². The van der Waals surface area contributed by atoms with Crippen molar-refractivity contribution >= 4 is 5.91 Å². The molecule has 0 unspecified atom stereocenters. The van der Waals surface area contributed by atoms with Crippen LogP contribution in [0.25, 0.3) is 11.3 Å². The van der Waals surface area contributed by atoms with Gasteiger partial charge in [0.1, 0.15) is 17.6 Å². The SMILES string of the molecule is COc1ccc(-c2ocnc2C(=O)N2CC(Oc3ccccc3)C2)cc1. The molecule has 26 heavy (non-hydrogen) atoms. The molecule has 0 atom stereocenters. The van der Waals surface area contributed by atoms with Gasteiger partial charge in [-0.05, 0) is 36.4 Å². The number of likely N-dealkylation sites (tertiary alicyclic amines) is 1. The fourth-order valence-electron chi connectivity index (χ4n) is 2.87. The average Bonchev–Trinajstić information content (AvgIpc) is 3.14. The molecule has 1 amide bonds. The molecule has 2 aromatic carbocycles. The topological polar surface area (TPSA) is 64.8 Å². The molecule has 6 nitrogen and oxygen atoms in total. The molecule has 1 saturated heterocycles. The molecule has 0 spiro atoms. The van der Waals surface area contributed by atoms with Gasteiger partial charge in [0.15, 0.2) is 17.8 Å². The fraction of sp³-hybridized carbons (Fsp3) is 0.200. The Labute approximate surface area is 151 Å². The molecule has 0 N–H and O–H groups in total. The third-order valence-electron chi connectivity index (χ3n) is 4.30. The lowest BCUT2D eigenvalue weighted by molar-refractivity contribution is 0.0174. The van der Waals surface area contributed by atoms with Crippen molar-refractivity contribution in [1.82, 2.24) is 9.88 Å². The van der Waals surface area contributed by atoms with Crippen LogP contribution in [0.4, 0.5) is 0 Å². The maximum absolute atomic E-state index is 12.7. The van der Waals surface area contributed by atoms with E-state index in [1.165, 1.54) is 6.39 Å². The van der Waals surface area contributed by atoms with E-state index < -0.39 is 0 Å². The summed E-state index contributed by atoms with van der Waals surface area (Å²) in [7, 11) is 1.61.